The first-order valence-corrected chi connectivity index (χ1v) is 7.07. The minimum absolute atomic E-state index is 0.320. The van der Waals surface area contributed by atoms with E-state index in [0.717, 1.165) is 24.3 Å². The molecule has 20 heavy (non-hydrogen) atoms. The summed E-state index contributed by atoms with van der Waals surface area (Å²) in [5, 5.41) is 6.60. The third-order valence-corrected chi connectivity index (χ3v) is 3.07. The van der Waals surface area contributed by atoms with Crippen LogP contribution in [0.4, 0.5) is 11.8 Å². The molecule has 0 fully saturated rings. The van der Waals surface area contributed by atoms with Gasteiger partial charge in [0, 0.05) is 24.3 Å². The van der Waals surface area contributed by atoms with Crippen molar-refractivity contribution in [2.75, 3.05) is 17.2 Å². The summed E-state index contributed by atoms with van der Waals surface area (Å²) < 4.78 is 0. The summed E-state index contributed by atoms with van der Waals surface area (Å²) in [6.07, 6.45) is 2.82. The number of aryl methyl sites for hydroxylation is 1. The Morgan fingerprint density at radius 3 is 2.65 bits per heavy atom. The molecule has 1 unspecified atom stereocenters. The zero-order chi connectivity index (χ0) is 14.4. The van der Waals surface area contributed by atoms with Crippen LogP contribution in [-0.2, 0) is 6.42 Å². The van der Waals surface area contributed by atoms with Crippen molar-refractivity contribution in [2.45, 2.75) is 33.2 Å². The average molecular weight is 270 g/mol. The predicted octanol–water partition coefficient (Wildman–Crippen LogP) is 3.26. The molecule has 0 saturated carbocycles. The highest BCUT2D eigenvalue weighted by Crippen LogP contribution is 2.15. The summed E-state index contributed by atoms with van der Waals surface area (Å²) in [6.45, 7) is 7.05. The summed E-state index contributed by atoms with van der Waals surface area (Å²) in [5.74, 6) is 1.58. The average Bonchev–Trinajstić information content (AvgIpc) is 2.44. The van der Waals surface area contributed by atoms with Crippen LogP contribution in [0.2, 0.25) is 0 Å². The zero-order valence-electron chi connectivity index (χ0n) is 12.4. The van der Waals surface area contributed by atoms with Gasteiger partial charge >= 0.3 is 0 Å². The van der Waals surface area contributed by atoms with Crippen LogP contribution in [-0.4, -0.2) is 22.6 Å². The second kappa shape index (κ2) is 6.89. The Bertz CT molecular complexity index is 539. The summed E-state index contributed by atoms with van der Waals surface area (Å²) >= 11 is 0. The van der Waals surface area contributed by atoms with E-state index < -0.39 is 0 Å². The maximum Gasteiger partial charge on any atom is 0.224 e. The van der Waals surface area contributed by atoms with Crippen molar-refractivity contribution in [3.05, 3.63) is 47.7 Å². The van der Waals surface area contributed by atoms with E-state index in [1.807, 2.05) is 26.1 Å². The van der Waals surface area contributed by atoms with Gasteiger partial charge in [-0.15, -0.1) is 0 Å². The summed E-state index contributed by atoms with van der Waals surface area (Å²) in [5.41, 5.74) is 2.39. The van der Waals surface area contributed by atoms with E-state index in [2.05, 4.69) is 51.8 Å². The second-order valence-electron chi connectivity index (χ2n) is 4.99. The van der Waals surface area contributed by atoms with Gasteiger partial charge in [-0.3, -0.25) is 0 Å². The Kier molecular flexibility index (Phi) is 4.93. The molecule has 4 heteroatoms. The van der Waals surface area contributed by atoms with Crippen molar-refractivity contribution in [1.82, 2.24) is 9.97 Å². The zero-order valence-corrected chi connectivity index (χ0v) is 12.4. The van der Waals surface area contributed by atoms with Crippen molar-refractivity contribution in [3.63, 3.8) is 0 Å². The maximum atomic E-state index is 4.51. The van der Waals surface area contributed by atoms with Crippen LogP contribution >= 0.6 is 0 Å². The number of aromatic nitrogens is 2. The molecule has 0 radical (unpaired) electrons. The lowest BCUT2D eigenvalue weighted by Crippen LogP contribution is -2.20. The van der Waals surface area contributed by atoms with Gasteiger partial charge in [0.2, 0.25) is 5.95 Å². The standard InChI is InChI=1S/C16H22N4/c1-4-17-16-18-11-12(2)15(20-16)19-13(3)10-14-8-6-5-7-9-14/h5-9,11,13H,4,10H2,1-3H3,(H2,17,18,19,20). The van der Waals surface area contributed by atoms with Crippen molar-refractivity contribution in [1.29, 1.82) is 0 Å². The molecule has 0 aliphatic carbocycles. The van der Waals surface area contributed by atoms with Crippen LogP contribution in [0.15, 0.2) is 36.5 Å². The fourth-order valence-corrected chi connectivity index (χ4v) is 2.08. The molecular formula is C16H22N4. The number of hydrogen-bond acceptors (Lipinski definition) is 4. The molecule has 106 valence electrons. The van der Waals surface area contributed by atoms with Crippen LogP contribution in [0.3, 0.4) is 0 Å². The fraction of sp³-hybridized carbons (Fsp3) is 0.375. The maximum absolute atomic E-state index is 4.51. The van der Waals surface area contributed by atoms with Gasteiger partial charge in [0.05, 0.1) is 0 Å². The quantitative estimate of drug-likeness (QED) is 0.846. The van der Waals surface area contributed by atoms with Crippen LogP contribution in [0.1, 0.15) is 25.0 Å². The van der Waals surface area contributed by atoms with E-state index >= 15 is 0 Å². The lowest BCUT2D eigenvalue weighted by Gasteiger charge is -2.16. The van der Waals surface area contributed by atoms with Crippen LogP contribution in [0, 0.1) is 6.92 Å². The molecule has 1 heterocycles. The molecule has 0 amide bonds. The van der Waals surface area contributed by atoms with Crippen molar-refractivity contribution >= 4 is 11.8 Å². The number of nitrogens with one attached hydrogen (secondary N) is 2. The Hall–Kier alpha value is -2.10. The highest BCUT2D eigenvalue weighted by Gasteiger charge is 2.08. The van der Waals surface area contributed by atoms with Crippen LogP contribution < -0.4 is 10.6 Å². The summed E-state index contributed by atoms with van der Waals surface area (Å²) in [7, 11) is 0. The fourth-order valence-electron chi connectivity index (χ4n) is 2.08. The van der Waals surface area contributed by atoms with E-state index in [9.17, 15) is 0 Å². The monoisotopic (exact) mass is 270 g/mol. The molecule has 2 rings (SSSR count). The molecule has 0 aliphatic rings. The number of rotatable bonds is 6. The van der Waals surface area contributed by atoms with Gasteiger partial charge in [0.25, 0.3) is 0 Å². The van der Waals surface area contributed by atoms with Gasteiger partial charge < -0.3 is 10.6 Å². The molecule has 0 aliphatic heterocycles. The van der Waals surface area contributed by atoms with E-state index in [-0.39, 0.29) is 0 Å². The highest BCUT2D eigenvalue weighted by atomic mass is 15.1. The third-order valence-electron chi connectivity index (χ3n) is 3.07. The predicted molar refractivity (Wildman–Crippen MR) is 84.2 cm³/mol. The smallest absolute Gasteiger partial charge is 0.224 e. The molecule has 2 aromatic rings. The first-order valence-electron chi connectivity index (χ1n) is 7.07. The van der Waals surface area contributed by atoms with Gasteiger partial charge in [-0.25, -0.2) is 4.98 Å². The first kappa shape index (κ1) is 14.3. The van der Waals surface area contributed by atoms with Gasteiger partial charge in [0.1, 0.15) is 5.82 Å². The normalized spacial score (nSPS) is 11.9. The van der Waals surface area contributed by atoms with E-state index in [1.54, 1.807) is 0 Å². The lowest BCUT2D eigenvalue weighted by molar-refractivity contribution is 0.782. The second-order valence-corrected chi connectivity index (χ2v) is 4.99. The number of nitrogens with zero attached hydrogens (tertiary/aromatic N) is 2. The van der Waals surface area contributed by atoms with Crippen LogP contribution in [0.25, 0.3) is 0 Å². The molecule has 2 N–H and O–H groups in total. The Balaban J connectivity index is 2.03. The molecule has 0 saturated heterocycles. The molecule has 0 spiro atoms. The molecule has 1 aromatic heterocycles. The van der Waals surface area contributed by atoms with E-state index in [1.165, 1.54) is 5.56 Å². The number of hydrogen-bond donors (Lipinski definition) is 2. The van der Waals surface area contributed by atoms with Gasteiger partial charge in [0.15, 0.2) is 0 Å². The third kappa shape index (κ3) is 3.95. The molecule has 0 bridgehead atoms. The van der Waals surface area contributed by atoms with E-state index in [0.29, 0.717) is 12.0 Å². The summed E-state index contributed by atoms with van der Waals surface area (Å²) in [6, 6.07) is 10.8. The largest absolute Gasteiger partial charge is 0.367 e. The topological polar surface area (TPSA) is 49.8 Å². The Morgan fingerprint density at radius 2 is 1.95 bits per heavy atom. The SMILES string of the molecule is CCNc1ncc(C)c(NC(C)Cc2ccccc2)n1. The lowest BCUT2D eigenvalue weighted by atomic mass is 10.1. The summed E-state index contributed by atoms with van der Waals surface area (Å²) in [4.78, 5) is 8.77. The number of benzene rings is 1. The number of anilines is 2. The van der Waals surface area contributed by atoms with Crippen molar-refractivity contribution in [3.8, 4) is 0 Å². The van der Waals surface area contributed by atoms with Gasteiger partial charge in [-0.2, -0.15) is 4.98 Å². The minimum Gasteiger partial charge on any atom is -0.367 e. The molecule has 1 aromatic carbocycles. The Labute approximate surface area is 120 Å². The van der Waals surface area contributed by atoms with Crippen molar-refractivity contribution < 1.29 is 0 Å². The van der Waals surface area contributed by atoms with Crippen LogP contribution in [0.5, 0.6) is 0 Å². The van der Waals surface area contributed by atoms with Gasteiger partial charge in [-0.05, 0) is 32.8 Å². The van der Waals surface area contributed by atoms with Crippen molar-refractivity contribution in [2.24, 2.45) is 0 Å². The van der Waals surface area contributed by atoms with E-state index in [4.69, 9.17) is 0 Å². The molecular weight excluding hydrogens is 248 g/mol. The molecule has 4 nitrogen and oxygen atoms in total. The molecule has 1 atom stereocenters. The minimum atomic E-state index is 0.320. The van der Waals surface area contributed by atoms with Gasteiger partial charge in [-0.1, -0.05) is 30.3 Å². The Morgan fingerprint density at radius 1 is 1.20 bits per heavy atom. The first-order chi connectivity index (χ1) is 9.69. The highest BCUT2D eigenvalue weighted by molar-refractivity contribution is 5.47.